The van der Waals surface area contributed by atoms with E-state index in [1.807, 2.05) is 0 Å². The van der Waals surface area contributed by atoms with Crippen molar-refractivity contribution in [3.05, 3.63) is 29.8 Å². The van der Waals surface area contributed by atoms with Crippen molar-refractivity contribution in [3.63, 3.8) is 0 Å². The molecule has 0 aromatic heterocycles. The van der Waals surface area contributed by atoms with Crippen molar-refractivity contribution in [1.82, 2.24) is 4.90 Å². The summed E-state index contributed by atoms with van der Waals surface area (Å²) in [5.74, 6) is -0.294. The second-order valence-electron chi connectivity index (χ2n) is 4.70. The quantitative estimate of drug-likeness (QED) is 0.293. The number of carbonyl (C=O) groups excluding carboxylic acids is 1. The Hall–Kier alpha value is -0.760. The number of aliphatic hydroxyl groups excluding tert-OH is 1. The maximum absolute atomic E-state index is 11.6. The molecule has 0 heterocycles. The molecule has 0 aliphatic heterocycles. The van der Waals surface area contributed by atoms with Gasteiger partial charge in [0.25, 0.3) is 0 Å². The van der Waals surface area contributed by atoms with Gasteiger partial charge in [-0.2, -0.15) is 0 Å². The molecule has 0 bridgehead atoms. The number of alkyl halides is 3. The summed E-state index contributed by atoms with van der Waals surface area (Å²) in [5.41, 5.74) is 6.73. The van der Waals surface area contributed by atoms with Crippen LogP contribution in [0.15, 0.2) is 24.3 Å². The molecule has 0 spiro atoms. The van der Waals surface area contributed by atoms with E-state index in [4.69, 9.17) is 55.5 Å². The van der Waals surface area contributed by atoms with Crippen LogP contribution in [0.5, 0.6) is 0 Å². The van der Waals surface area contributed by atoms with Crippen LogP contribution >= 0.6 is 34.8 Å². The number of nitrogens with two attached hydrogens (primary N) is 1. The lowest BCUT2D eigenvalue weighted by Crippen LogP contribution is -2.27. The van der Waals surface area contributed by atoms with Gasteiger partial charge in [0, 0.05) is 12.2 Å². The normalized spacial score (nSPS) is 11.2. The zero-order valence-corrected chi connectivity index (χ0v) is 15.9. The van der Waals surface area contributed by atoms with Crippen LogP contribution in [0.2, 0.25) is 0 Å². The summed E-state index contributed by atoms with van der Waals surface area (Å²) < 4.78 is 3.21. The molecule has 0 saturated heterocycles. The third-order valence-electron chi connectivity index (χ3n) is 2.97. The van der Waals surface area contributed by atoms with Gasteiger partial charge in [0.15, 0.2) is 6.29 Å². The Labute approximate surface area is 157 Å². The lowest BCUT2D eigenvalue weighted by molar-refractivity contribution is -0.0355. The fourth-order valence-corrected chi connectivity index (χ4v) is 1.51. The summed E-state index contributed by atoms with van der Waals surface area (Å²) in [6.07, 6.45) is -1.91. The number of carbonyl (C=O) groups is 1. The largest absolute Gasteiger partial charge is 0.461 e. The van der Waals surface area contributed by atoms with E-state index in [0.717, 1.165) is 19.6 Å². The van der Waals surface area contributed by atoms with Crippen LogP contribution in [0.4, 0.5) is 5.69 Å². The number of rotatable bonds is 6. The Morgan fingerprint density at radius 3 is 2.04 bits per heavy atom. The topological polar surface area (TPSA) is 96.0 Å². The fraction of sp³-hybridized carbons (Fsp3) is 0.533. The van der Waals surface area contributed by atoms with Crippen molar-refractivity contribution in [3.8, 4) is 0 Å². The third-order valence-corrected chi connectivity index (χ3v) is 3.56. The number of hydrogen-bond donors (Lipinski definition) is 3. The number of benzene rings is 1. The van der Waals surface area contributed by atoms with Gasteiger partial charge in [-0.15, -0.1) is 0 Å². The number of likely N-dealkylation sites (N-methyl/N-ethyl adjacent to an activating group) is 1. The summed E-state index contributed by atoms with van der Waals surface area (Å²) in [7, 11) is 0. The smallest absolute Gasteiger partial charge is 0.338 e. The molecule has 0 atom stereocenters. The maximum atomic E-state index is 11.6. The molecule has 0 aliphatic rings. The standard InChI is InChI=1S/C13H20N2O2.C2H3Cl3O2/c1-3-15(4-2)9-10-17-13(16)11-5-7-12(14)8-6-11;3-2(4,5)1(6)7/h5-8H,3-4,9-10,14H2,1-2H3;1,6-7H. The van der Waals surface area contributed by atoms with Crippen LogP contribution in [0.25, 0.3) is 0 Å². The van der Waals surface area contributed by atoms with Gasteiger partial charge in [-0.25, -0.2) is 4.79 Å². The molecule has 1 aromatic carbocycles. The van der Waals surface area contributed by atoms with Crippen LogP contribution in [0, 0.1) is 0 Å². The van der Waals surface area contributed by atoms with Gasteiger partial charge < -0.3 is 25.6 Å². The first kappa shape index (κ1) is 23.2. The molecule has 24 heavy (non-hydrogen) atoms. The second-order valence-corrected chi connectivity index (χ2v) is 7.07. The van der Waals surface area contributed by atoms with Crippen molar-refractivity contribution in [2.75, 3.05) is 32.0 Å². The Bertz CT molecular complexity index is 475. The number of ether oxygens (including phenoxy) is 1. The minimum atomic E-state index is -1.97. The van der Waals surface area contributed by atoms with Crippen LogP contribution < -0.4 is 5.73 Å². The van der Waals surface area contributed by atoms with Gasteiger partial charge in [-0.05, 0) is 37.4 Å². The lowest BCUT2D eigenvalue weighted by atomic mass is 10.2. The highest BCUT2D eigenvalue weighted by atomic mass is 35.6. The zero-order chi connectivity index (χ0) is 18.8. The van der Waals surface area contributed by atoms with Crippen molar-refractivity contribution in [1.29, 1.82) is 0 Å². The van der Waals surface area contributed by atoms with E-state index in [2.05, 4.69) is 18.7 Å². The van der Waals surface area contributed by atoms with Crippen molar-refractivity contribution in [2.24, 2.45) is 0 Å². The van der Waals surface area contributed by atoms with E-state index in [9.17, 15) is 4.79 Å². The molecule has 0 saturated carbocycles. The first-order valence-electron chi connectivity index (χ1n) is 7.29. The molecule has 0 radical (unpaired) electrons. The van der Waals surface area contributed by atoms with Crippen LogP contribution in [0.1, 0.15) is 24.2 Å². The molecular weight excluding hydrogens is 379 g/mol. The maximum Gasteiger partial charge on any atom is 0.338 e. The molecule has 0 amide bonds. The first-order valence-corrected chi connectivity index (χ1v) is 8.43. The Morgan fingerprint density at radius 1 is 1.21 bits per heavy atom. The number of esters is 1. The number of nitrogen functional groups attached to an aromatic ring is 1. The predicted octanol–water partition coefficient (Wildman–Crippen LogP) is 2.43. The molecule has 1 rings (SSSR count). The number of nitrogens with zero attached hydrogens (tertiary/aromatic N) is 1. The number of aliphatic hydroxyl groups is 2. The van der Waals surface area contributed by atoms with Crippen molar-refractivity contribution in [2.45, 2.75) is 23.9 Å². The third kappa shape index (κ3) is 10.2. The SMILES string of the molecule is CCN(CC)CCOC(=O)c1ccc(N)cc1.OC(O)C(Cl)(Cl)Cl. The molecule has 4 N–H and O–H groups in total. The molecule has 0 unspecified atom stereocenters. The molecule has 1 aromatic rings. The summed E-state index contributed by atoms with van der Waals surface area (Å²) in [6, 6.07) is 6.74. The van der Waals surface area contributed by atoms with Crippen molar-refractivity contribution >= 4 is 46.5 Å². The highest BCUT2D eigenvalue weighted by molar-refractivity contribution is 6.67. The van der Waals surface area contributed by atoms with E-state index in [-0.39, 0.29) is 5.97 Å². The average Bonchev–Trinajstić information content (AvgIpc) is 2.51. The minimum Gasteiger partial charge on any atom is -0.461 e. The summed E-state index contributed by atoms with van der Waals surface area (Å²) in [6.45, 7) is 7.31. The number of halogens is 3. The average molecular weight is 402 g/mol. The van der Waals surface area contributed by atoms with Gasteiger partial charge in [-0.3, -0.25) is 0 Å². The van der Waals surface area contributed by atoms with E-state index in [0.29, 0.717) is 17.9 Å². The summed E-state index contributed by atoms with van der Waals surface area (Å²) in [4.78, 5) is 13.8. The van der Waals surface area contributed by atoms with Gasteiger partial charge >= 0.3 is 5.97 Å². The second kappa shape index (κ2) is 11.7. The summed E-state index contributed by atoms with van der Waals surface area (Å²) in [5, 5.41) is 16.1. The Kier molecular flexibility index (Phi) is 11.4. The molecule has 6 nitrogen and oxygen atoms in total. The van der Waals surface area contributed by atoms with E-state index in [1.54, 1.807) is 24.3 Å². The molecule has 0 fully saturated rings. The highest BCUT2D eigenvalue weighted by Gasteiger charge is 2.28. The molecule has 0 aliphatic carbocycles. The highest BCUT2D eigenvalue weighted by Crippen LogP contribution is 2.28. The van der Waals surface area contributed by atoms with Gasteiger partial charge in [-0.1, -0.05) is 48.7 Å². The number of anilines is 1. The van der Waals surface area contributed by atoms with Gasteiger partial charge in [0.2, 0.25) is 3.79 Å². The zero-order valence-electron chi connectivity index (χ0n) is 13.6. The molecule has 138 valence electrons. The van der Waals surface area contributed by atoms with Crippen LogP contribution in [-0.4, -0.2) is 57.4 Å². The first-order chi connectivity index (χ1) is 11.1. The van der Waals surface area contributed by atoms with Gasteiger partial charge in [0.05, 0.1) is 5.56 Å². The Morgan fingerprint density at radius 2 is 1.67 bits per heavy atom. The van der Waals surface area contributed by atoms with Crippen LogP contribution in [0.3, 0.4) is 0 Å². The van der Waals surface area contributed by atoms with Crippen LogP contribution in [-0.2, 0) is 4.74 Å². The lowest BCUT2D eigenvalue weighted by Gasteiger charge is -2.17. The fourth-order valence-electron chi connectivity index (χ4n) is 1.51. The summed E-state index contributed by atoms with van der Waals surface area (Å²) >= 11 is 14.7. The van der Waals surface area contributed by atoms with E-state index >= 15 is 0 Å². The van der Waals surface area contributed by atoms with Crippen molar-refractivity contribution < 1.29 is 19.7 Å². The monoisotopic (exact) mass is 400 g/mol. The van der Waals surface area contributed by atoms with E-state index in [1.165, 1.54) is 0 Å². The van der Waals surface area contributed by atoms with Gasteiger partial charge in [0.1, 0.15) is 6.61 Å². The minimum absolute atomic E-state index is 0.294. The number of hydrogen-bond acceptors (Lipinski definition) is 6. The van der Waals surface area contributed by atoms with E-state index < -0.39 is 10.1 Å². The molecule has 9 heteroatoms. The molecular formula is C15H23Cl3N2O4. The Balaban J connectivity index is 0.000000640. The predicted molar refractivity (Wildman–Crippen MR) is 97.4 cm³/mol.